The van der Waals surface area contributed by atoms with Crippen LogP contribution in [0.4, 0.5) is 0 Å². The van der Waals surface area contributed by atoms with E-state index in [0.29, 0.717) is 5.41 Å². The summed E-state index contributed by atoms with van der Waals surface area (Å²) in [6.07, 6.45) is 8.29. The molecule has 0 radical (unpaired) electrons. The van der Waals surface area contributed by atoms with Crippen molar-refractivity contribution < 1.29 is 0 Å². The standard InChI is InChI=1S/C19H40N2/c1-18(2)10-16-21(17-11-19(3,4)5)15-9-14-20-12-7-6-8-13-20/h18H,6-17H2,1-5H3. The third-order valence-corrected chi connectivity index (χ3v) is 4.60. The van der Waals surface area contributed by atoms with Gasteiger partial charge < -0.3 is 9.80 Å². The first kappa shape index (κ1) is 19.0. The van der Waals surface area contributed by atoms with E-state index < -0.39 is 0 Å². The molecule has 126 valence electrons. The second-order valence-corrected chi connectivity index (χ2v) is 8.59. The van der Waals surface area contributed by atoms with Gasteiger partial charge in [0.15, 0.2) is 0 Å². The van der Waals surface area contributed by atoms with Crippen LogP contribution in [0.2, 0.25) is 0 Å². The summed E-state index contributed by atoms with van der Waals surface area (Å²) in [7, 11) is 0. The zero-order valence-corrected chi connectivity index (χ0v) is 15.5. The molecule has 0 unspecified atom stereocenters. The van der Waals surface area contributed by atoms with Gasteiger partial charge in [0.05, 0.1) is 0 Å². The van der Waals surface area contributed by atoms with Gasteiger partial charge >= 0.3 is 0 Å². The molecular weight excluding hydrogens is 256 g/mol. The van der Waals surface area contributed by atoms with Crippen LogP contribution in [0, 0.1) is 11.3 Å². The van der Waals surface area contributed by atoms with E-state index in [9.17, 15) is 0 Å². The van der Waals surface area contributed by atoms with Crippen LogP contribution in [0.25, 0.3) is 0 Å². The molecule has 0 spiro atoms. The van der Waals surface area contributed by atoms with E-state index in [0.717, 1.165) is 5.92 Å². The smallest absolute Gasteiger partial charge is 0.000654 e. The SMILES string of the molecule is CC(C)CCN(CCCN1CCCCC1)CCC(C)(C)C. The minimum absolute atomic E-state index is 0.461. The van der Waals surface area contributed by atoms with Crippen molar-refractivity contribution in [2.75, 3.05) is 39.3 Å². The van der Waals surface area contributed by atoms with Crippen LogP contribution < -0.4 is 0 Å². The third kappa shape index (κ3) is 10.3. The number of nitrogens with zero attached hydrogens (tertiary/aromatic N) is 2. The minimum Gasteiger partial charge on any atom is -0.303 e. The maximum absolute atomic E-state index is 2.72. The van der Waals surface area contributed by atoms with Gasteiger partial charge in [-0.2, -0.15) is 0 Å². The van der Waals surface area contributed by atoms with Crippen LogP contribution in [0.5, 0.6) is 0 Å². The van der Waals surface area contributed by atoms with Crippen LogP contribution in [0.1, 0.15) is 73.1 Å². The van der Waals surface area contributed by atoms with Crippen LogP contribution in [0.15, 0.2) is 0 Å². The molecule has 2 nitrogen and oxygen atoms in total. The lowest BCUT2D eigenvalue weighted by Crippen LogP contribution is -2.35. The third-order valence-electron chi connectivity index (χ3n) is 4.60. The molecule has 1 aliphatic heterocycles. The molecule has 0 aromatic carbocycles. The Labute approximate surface area is 134 Å². The molecule has 2 heteroatoms. The lowest BCUT2D eigenvalue weighted by Gasteiger charge is -2.30. The lowest BCUT2D eigenvalue weighted by molar-refractivity contribution is 0.185. The van der Waals surface area contributed by atoms with Crippen molar-refractivity contribution in [2.45, 2.75) is 73.1 Å². The van der Waals surface area contributed by atoms with E-state index in [1.54, 1.807) is 0 Å². The molecule has 0 aromatic rings. The molecular formula is C19H40N2. The van der Waals surface area contributed by atoms with Gasteiger partial charge in [0.2, 0.25) is 0 Å². The highest BCUT2D eigenvalue weighted by atomic mass is 15.1. The number of rotatable bonds is 9. The minimum atomic E-state index is 0.461. The van der Waals surface area contributed by atoms with Gasteiger partial charge in [-0.1, -0.05) is 41.0 Å². The normalized spacial score (nSPS) is 17.9. The Bertz CT molecular complexity index is 249. The molecule has 1 fully saturated rings. The number of hydrogen-bond acceptors (Lipinski definition) is 2. The predicted molar refractivity (Wildman–Crippen MR) is 94.9 cm³/mol. The van der Waals surface area contributed by atoms with Crippen molar-refractivity contribution in [1.29, 1.82) is 0 Å². The van der Waals surface area contributed by atoms with E-state index in [1.807, 2.05) is 0 Å². The Morgan fingerprint density at radius 3 is 2.19 bits per heavy atom. The molecule has 21 heavy (non-hydrogen) atoms. The van der Waals surface area contributed by atoms with Gasteiger partial charge in [-0.05, 0) is 82.7 Å². The van der Waals surface area contributed by atoms with Crippen molar-refractivity contribution in [3.05, 3.63) is 0 Å². The highest BCUT2D eigenvalue weighted by molar-refractivity contribution is 4.69. The fourth-order valence-electron chi connectivity index (χ4n) is 2.97. The molecule has 1 heterocycles. The van der Waals surface area contributed by atoms with Gasteiger partial charge in [-0.15, -0.1) is 0 Å². The molecule has 0 atom stereocenters. The van der Waals surface area contributed by atoms with Crippen LogP contribution >= 0.6 is 0 Å². The molecule has 0 amide bonds. The molecule has 1 saturated heterocycles. The van der Waals surface area contributed by atoms with Crippen LogP contribution in [-0.2, 0) is 0 Å². The molecule has 0 saturated carbocycles. The summed E-state index contributed by atoms with van der Waals surface area (Å²) in [5.41, 5.74) is 0.461. The molecule has 0 bridgehead atoms. The zero-order valence-electron chi connectivity index (χ0n) is 15.5. The van der Waals surface area contributed by atoms with Gasteiger partial charge in [-0.25, -0.2) is 0 Å². The molecule has 0 aliphatic carbocycles. The molecule has 0 N–H and O–H groups in total. The van der Waals surface area contributed by atoms with E-state index >= 15 is 0 Å². The van der Waals surface area contributed by atoms with Crippen molar-refractivity contribution in [3.63, 3.8) is 0 Å². The fourth-order valence-corrected chi connectivity index (χ4v) is 2.97. The van der Waals surface area contributed by atoms with Crippen molar-refractivity contribution in [2.24, 2.45) is 11.3 Å². The summed E-state index contributed by atoms with van der Waals surface area (Å²) in [5, 5.41) is 0. The summed E-state index contributed by atoms with van der Waals surface area (Å²) < 4.78 is 0. The number of hydrogen-bond donors (Lipinski definition) is 0. The number of piperidine rings is 1. The Kier molecular flexibility index (Phi) is 8.89. The average Bonchev–Trinajstić information content (AvgIpc) is 2.41. The predicted octanol–water partition coefficient (Wildman–Crippen LogP) is 4.65. The zero-order chi connectivity index (χ0) is 15.7. The van der Waals surface area contributed by atoms with Gasteiger partial charge in [0.1, 0.15) is 0 Å². The Hall–Kier alpha value is -0.0800. The molecule has 1 rings (SSSR count). The van der Waals surface area contributed by atoms with Crippen molar-refractivity contribution >= 4 is 0 Å². The van der Waals surface area contributed by atoms with Gasteiger partial charge in [-0.3, -0.25) is 0 Å². The van der Waals surface area contributed by atoms with E-state index in [4.69, 9.17) is 0 Å². The Morgan fingerprint density at radius 2 is 1.62 bits per heavy atom. The number of likely N-dealkylation sites (tertiary alicyclic amines) is 1. The first-order valence-electron chi connectivity index (χ1n) is 9.31. The first-order valence-corrected chi connectivity index (χ1v) is 9.31. The average molecular weight is 297 g/mol. The second-order valence-electron chi connectivity index (χ2n) is 8.59. The van der Waals surface area contributed by atoms with Gasteiger partial charge in [0, 0.05) is 0 Å². The molecule has 0 aromatic heterocycles. The fraction of sp³-hybridized carbons (Fsp3) is 1.00. The van der Waals surface area contributed by atoms with Crippen LogP contribution in [0.3, 0.4) is 0 Å². The van der Waals surface area contributed by atoms with Crippen molar-refractivity contribution in [3.8, 4) is 0 Å². The maximum Gasteiger partial charge on any atom is -0.000654 e. The lowest BCUT2D eigenvalue weighted by atomic mass is 9.92. The monoisotopic (exact) mass is 296 g/mol. The summed E-state index contributed by atoms with van der Waals surface area (Å²) in [6.45, 7) is 19.6. The highest BCUT2D eigenvalue weighted by Gasteiger charge is 2.15. The summed E-state index contributed by atoms with van der Waals surface area (Å²) in [4.78, 5) is 5.39. The Morgan fingerprint density at radius 1 is 0.952 bits per heavy atom. The summed E-state index contributed by atoms with van der Waals surface area (Å²) >= 11 is 0. The quantitative estimate of drug-likeness (QED) is 0.611. The maximum atomic E-state index is 2.72. The van der Waals surface area contributed by atoms with E-state index in [-0.39, 0.29) is 0 Å². The Balaban J connectivity index is 2.25. The van der Waals surface area contributed by atoms with Crippen LogP contribution in [-0.4, -0.2) is 49.1 Å². The first-order chi connectivity index (χ1) is 9.87. The van der Waals surface area contributed by atoms with Crippen molar-refractivity contribution in [1.82, 2.24) is 9.80 Å². The highest BCUT2D eigenvalue weighted by Crippen LogP contribution is 2.19. The van der Waals surface area contributed by atoms with E-state index in [1.165, 1.54) is 77.8 Å². The largest absolute Gasteiger partial charge is 0.303 e. The summed E-state index contributed by atoms with van der Waals surface area (Å²) in [5.74, 6) is 0.823. The second kappa shape index (κ2) is 9.84. The van der Waals surface area contributed by atoms with Gasteiger partial charge in [0.25, 0.3) is 0 Å². The summed E-state index contributed by atoms with van der Waals surface area (Å²) in [6, 6.07) is 0. The van der Waals surface area contributed by atoms with E-state index in [2.05, 4.69) is 44.4 Å². The molecule has 1 aliphatic rings. The topological polar surface area (TPSA) is 6.48 Å².